The van der Waals surface area contributed by atoms with E-state index in [1.807, 2.05) is 23.6 Å². The van der Waals surface area contributed by atoms with Gasteiger partial charge in [0, 0.05) is 21.2 Å². The highest BCUT2D eigenvalue weighted by Crippen LogP contribution is 2.41. The molecule has 0 fully saturated rings. The standard InChI is InChI=1S/C18H9NO2S2/c20-16-9-3-1-2-4-10(9)17(21)14(16)18-19-15-11-7-8-22-12(11)5-6-13(15)23-18/h1-8,20H. The highest BCUT2D eigenvalue weighted by Gasteiger charge is 2.32. The van der Waals surface area contributed by atoms with Crippen LogP contribution < -0.4 is 0 Å². The molecule has 0 saturated heterocycles. The van der Waals surface area contributed by atoms with Gasteiger partial charge in [-0.3, -0.25) is 4.79 Å². The predicted molar refractivity (Wildman–Crippen MR) is 95.2 cm³/mol. The molecule has 2 aromatic carbocycles. The molecule has 4 aromatic rings. The van der Waals surface area contributed by atoms with E-state index < -0.39 is 0 Å². The van der Waals surface area contributed by atoms with E-state index in [0.717, 1.165) is 15.6 Å². The molecule has 2 heterocycles. The zero-order valence-electron chi connectivity index (χ0n) is 11.7. The molecule has 0 bridgehead atoms. The number of aliphatic hydroxyl groups excluding tert-OH is 1. The van der Waals surface area contributed by atoms with Crippen LogP contribution in [0.15, 0.2) is 47.8 Å². The van der Waals surface area contributed by atoms with Crippen LogP contribution in [-0.2, 0) is 0 Å². The number of aromatic nitrogens is 1. The van der Waals surface area contributed by atoms with Crippen molar-refractivity contribution in [3.63, 3.8) is 0 Å². The van der Waals surface area contributed by atoms with E-state index in [-0.39, 0.29) is 11.5 Å². The molecule has 23 heavy (non-hydrogen) atoms. The fourth-order valence-electron chi connectivity index (χ4n) is 3.00. The Bertz CT molecular complexity index is 1150. The van der Waals surface area contributed by atoms with Gasteiger partial charge in [0.25, 0.3) is 0 Å². The third-order valence-corrected chi connectivity index (χ3v) is 6.01. The molecule has 0 amide bonds. The number of thiazole rings is 1. The van der Waals surface area contributed by atoms with Crippen LogP contribution in [0.3, 0.4) is 0 Å². The fraction of sp³-hybridized carbons (Fsp3) is 0. The Kier molecular flexibility index (Phi) is 2.54. The summed E-state index contributed by atoms with van der Waals surface area (Å²) in [5.74, 6) is -0.120. The normalized spacial score (nSPS) is 14.2. The summed E-state index contributed by atoms with van der Waals surface area (Å²) >= 11 is 3.12. The van der Waals surface area contributed by atoms with E-state index in [0.29, 0.717) is 21.7 Å². The van der Waals surface area contributed by atoms with E-state index in [1.54, 1.807) is 29.5 Å². The third-order valence-electron chi connectivity index (χ3n) is 4.09. The maximum Gasteiger partial charge on any atom is 0.200 e. The molecule has 0 atom stereocenters. The monoisotopic (exact) mass is 335 g/mol. The van der Waals surface area contributed by atoms with E-state index in [4.69, 9.17) is 0 Å². The quantitative estimate of drug-likeness (QED) is 0.524. The van der Waals surface area contributed by atoms with Crippen LogP contribution in [-0.4, -0.2) is 15.9 Å². The van der Waals surface area contributed by atoms with Crippen molar-refractivity contribution in [1.82, 2.24) is 4.98 Å². The molecule has 0 radical (unpaired) electrons. The maximum absolute atomic E-state index is 12.6. The second-order valence-corrected chi connectivity index (χ2v) is 7.34. The Morgan fingerprint density at radius 1 is 0.957 bits per heavy atom. The van der Waals surface area contributed by atoms with Crippen molar-refractivity contribution in [3.8, 4) is 0 Å². The van der Waals surface area contributed by atoms with Crippen molar-refractivity contribution >= 4 is 60.1 Å². The lowest BCUT2D eigenvalue weighted by molar-refractivity contribution is 0.105. The zero-order valence-corrected chi connectivity index (χ0v) is 13.4. The highest BCUT2D eigenvalue weighted by molar-refractivity contribution is 7.21. The van der Waals surface area contributed by atoms with E-state index in [9.17, 15) is 9.90 Å². The van der Waals surface area contributed by atoms with Crippen molar-refractivity contribution in [1.29, 1.82) is 0 Å². The molecular weight excluding hydrogens is 326 g/mol. The van der Waals surface area contributed by atoms with Crippen LogP contribution in [0.5, 0.6) is 0 Å². The minimum Gasteiger partial charge on any atom is -0.506 e. The Morgan fingerprint density at radius 2 is 1.74 bits per heavy atom. The van der Waals surface area contributed by atoms with E-state index in [2.05, 4.69) is 11.1 Å². The van der Waals surface area contributed by atoms with Crippen LogP contribution in [0, 0.1) is 0 Å². The number of hydrogen-bond donors (Lipinski definition) is 1. The van der Waals surface area contributed by atoms with Crippen LogP contribution in [0.2, 0.25) is 0 Å². The summed E-state index contributed by atoms with van der Waals surface area (Å²) < 4.78 is 2.20. The van der Waals surface area contributed by atoms with Gasteiger partial charge in [0.05, 0.1) is 10.2 Å². The maximum atomic E-state index is 12.6. The van der Waals surface area contributed by atoms with Gasteiger partial charge in [0.2, 0.25) is 5.78 Å². The Balaban J connectivity index is 1.78. The van der Waals surface area contributed by atoms with Gasteiger partial charge in [0.1, 0.15) is 16.3 Å². The number of ketones is 1. The van der Waals surface area contributed by atoms with E-state index in [1.165, 1.54) is 16.0 Å². The number of rotatable bonds is 1. The number of Topliss-reactive ketones (excluding diaryl/α,β-unsaturated/α-hetero) is 1. The Hall–Kier alpha value is -2.50. The molecule has 1 N–H and O–H groups in total. The highest BCUT2D eigenvalue weighted by atomic mass is 32.1. The first kappa shape index (κ1) is 13.0. The predicted octanol–water partition coefficient (Wildman–Crippen LogP) is 5.13. The minimum absolute atomic E-state index is 0.0335. The van der Waals surface area contributed by atoms with Gasteiger partial charge in [-0.1, -0.05) is 24.3 Å². The molecule has 0 saturated carbocycles. The lowest BCUT2D eigenvalue weighted by atomic mass is 10.1. The second kappa shape index (κ2) is 4.50. The average molecular weight is 335 g/mol. The third kappa shape index (κ3) is 1.69. The molecular formula is C18H9NO2S2. The van der Waals surface area contributed by atoms with E-state index >= 15 is 0 Å². The summed E-state index contributed by atoms with van der Waals surface area (Å²) in [5, 5.41) is 14.2. The first-order chi connectivity index (χ1) is 11.2. The topological polar surface area (TPSA) is 50.2 Å². The van der Waals surface area contributed by atoms with Crippen molar-refractivity contribution < 1.29 is 9.90 Å². The lowest BCUT2D eigenvalue weighted by Crippen LogP contribution is -1.97. The van der Waals surface area contributed by atoms with Gasteiger partial charge in [-0.25, -0.2) is 4.98 Å². The number of fused-ring (bicyclic) bond motifs is 4. The number of carbonyl (C=O) groups is 1. The van der Waals surface area contributed by atoms with Crippen LogP contribution in [0.4, 0.5) is 0 Å². The summed E-state index contributed by atoms with van der Waals surface area (Å²) in [7, 11) is 0. The Morgan fingerprint density at radius 3 is 2.57 bits per heavy atom. The van der Waals surface area contributed by atoms with Gasteiger partial charge in [-0.2, -0.15) is 0 Å². The van der Waals surface area contributed by atoms with Crippen LogP contribution in [0.25, 0.3) is 31.6 Å². The van der Waals surface area contributed by atoms with Crippen molar-refractivity contribution in [2.75, 3.05) is 0 Å². The molecule has 5 heteroatoms. The molecule has 1 aliphatic carbocycles. The molecule has 3 nitrogen and oxygen atoms in total. The van der Waals surface area contributed by atoms with Gasteiger partial charge in [-0.15, -0.1) is 22.7 Å². The van der Waals surface area contributed by atoms with Gasteiger partial charge in [-0.05, 0) is 23.6 Å². The molecule has 110 valence electrons. The zero-order chi connectivity index (χ0) is 15.6. The average Bonchev–Trinajstić information content (AvgIpc) is 3.24. The van der Waals surface area contributed by atoms with Crippen LogP contribution in [0.1, 0.15) is 20.9 Å². The molecule has 0 aliphatic heterocycles. The number of carbonyl (C=O) groups excluding carboxylic acids is 1. The summed E-state index contributed by atoms with van der Waals surface area (Å²) in [6.07, 6.45) is 0. The number of aliphatic hydroxyl groups is 1. The lowest BCUT2D eigenvalue weighted by Gasteiger charge is -1.95. The molecule has 2 aromatic heterocycles. The number of benzene rings is 2. The SMILES string of the molecule is O=C1C(c2nc3c(ccc4sccc43)s2)=C(O)c2ccccc21. The van der Waals surface area contributed by atoms with Gasteiger partial charge < -0.3 is 5.11 Å². The molecule has 0 unspecified atom stereocenters. The fourth-order valence-corrected chi connectivity index (χ4v) is 4.82. The number of hydrogen-bond acceptors (Lipinski definition) is 5. The molecule has 1 aliphatic rings. The largest absolute Gasteiger partial charge is 0.506 e. The van der Waals surface area contributed by atoms with Crippen molar-refractivity contribution in [3.05, 3.63) is 64.0 Å². The summed E-state index contributed by atoms with van der Waals surface area (Å²) in [4.78, 5) is 17.3. The first-order valence-electron chi connectivity index (χ1n) is 7.08. The number of nitrogens with zero attached hydrogens (tertiary/aromatic N) is 1. The number of allylic oxidation sites excluding steroid dienone is 1. The summed E-state index contributed by atoms with van der Waals surface area (Å²) in [5.41, 5.74) is 2.34. The summed E-state index contributed by atoms with van der Waals surface area (Å²) in [6, 6.07) is 13.3. The van der Waals surface area contributed by atoms with Crippen molar-refractivity contribution in [2.45, 2.75) is 0 Å². The summed E-state index contributed by atoms with van der Waals surface area (Å²) in [6.45, 7) is 0. The smallest absolute Gasteiger partial charge is 0.200 e. The number of thiophene rings is 1. The molecule has 0 spiro atoms. The van der Waals surface area contributed by atoms with Crippen molar-refractivity contribution in [2.24, 2.45) is 0 Å². The first-order valence-corrected chi connectivity index (χ1v) is 8.78. The van der Waals surface area contributed by atoms with Gasteiger partial charge in [0.15, 0.2) is 0 Å². The van der Waals surface area contributed by atoms with Gasteiger partial charge >= 0.3 is 0 Å². The molecule has 5 rings (SSSR count). The second-order valence-electron chi connectivity index (χ2n) is 5.36. The Labute approximate surface area is 139 Å². The minimum atomic E-state index is -0.154. The van der Waals surface area contributed by atoms with Crippen LogP contribution >= 0.6 is 22.7 Å².